The number of amidine groups is 1. The van der Waals surface area contributed by atoms with Crippen molar-refractivity contribution in [1.82, 2.24) is 5.32 Å². The van der Waals surface area contributed by atoms with Crippen LogP contribution >= 0.6 is 35.8 Å². The van der Waals surface area contributed by atoms with Crippen molar-refractivity contribution in [2.75, 3.05) is 0 Å². The fourth-order valence-electron chi connectivity index (χ4n) is 3.18. The van der Waals surface area contributed by atoms with Crippen LogP contribution < -0.4 is 5.32 Å². The Labute approximate surface area is 179 Å². The summed E-state index contributed by atoms with van der Waals surface area (Å²) in [7, 11) is 0. The van der Waals surface area contributed by atoms with Gasteiger partial charge in [-0.25, -0.2) is 4.39 Å². The first-order valence-electron chi connectivity index (χ1n) is 8.72. The molecule has 2 nitrogen and oxygen atoms in total. The van der Waals surface area contributed by atoms with Gasteiger partial charge in [-0.2, -0.15) is 0 Å². The number of aliphatic imine (C=N–C) groups is 1. The van der Waals surface area contributed by atoms with Gasteiger partial charge in [-0.1, -0.05) is 90.1 Å². The van der Waals surface area contributed by atoms with E-state index in [0.29, 0.717) is 16.3 Å². The van der Waals surface area contributed by atoms with Crippen molar-refractivity contribution >= 4 is 40.9 Å². The standard InChI is InChI=1S/C22H18ClFN2S.ClH/c23-18-12-7-13-19(24)17(18)14-27-22-25-20(15-8-3-1-4-9-15)21(26-22)16-10-5-2-6-11-16;/h1-13,20-21H,14H2,(H,25,26);1H. The molecule has 1 heterocycles. The number of rotatable bonds is 4. The van der Waals surface area contributed by atoms with Gasteiger partial charge in [-0.05, 0) is 23.3 Å². The number of nitrogens with one attached hydrogen (secondary N) is 1. The van der Waals surface area contributed by atoms with E-state index in [9.17, 15) is 4.39 Å². The van der Waals surface area contributed by atoms with Crippen LogP contribution in [0, 0.1) is 5.82 Å². The van der Waals surface area contributed by atoms with Gasteiger partial charge in [0.1, 0.15) is 11.9 Å². The van der Waals surface area contributed by atoms with E-state index in [1.165, 1.54) is 23.4 Å². The van der Waals surface area contributed by atoms with E-state index in [1.807, 2.05) is 36.4 Å². The molecule has 1 aliphatic heterocycles. The van der Waals surface area contributed by atoms with Crippen molar-refractivity contribution < 1.29 is 4.39 Å². The van der Waals surface area contributed by atoms with E-state index < -0.39 is 0 Å². The Morgan fingerprint density at radius 3 is 2.18 bits per heavy atom. The second kappa shape index (κ2) is 9.46. The highest BCUT2D eigenvalue weighted by Gasteiger charge is 2.31. The van der Waals surface area contributed by atoms with Gasteiger partial charge in [0.25, 0.3) is 0 Å². The van der Waals surface area contributed by atoms with Crippen molar-refractivity contribution in [3.05, 3.63) is 106 Å². The summed E-state index contributed by atoms with van der Waals surface area (Å²) in [5, 5.41) is 4.76. The first-order valence-corrected chi connectivity index (χ1v) is 10.1. The number of thioether (sulfide) groups is 1. The van der Waals surface area contributed by atoms with Crippen molar-refractivity contribution in [2.45, 2.75) is 17.8 Å². The van der Waals surface area contributed by atoms with Crippen molar-refractivity contribution in [3.8, 4) is 0 Å². The Morgan fingerprint density at radius 2 is 1.54 bits per heavy atom. The quantitative estimate of drug-likeness (QED) is 0.503. The number of benzene rings is 3. The Kier molecular flexibility index (Phi) is 7.00. The molecule has 0 saturated carbocycles. The number of hydrogen-bond acceptors (Lipinski definition) is 3. The van der Waals surface area contributed by atoms with E-state index >= 15 is 0 Å². The molecule has 0 saturated heterocycles. The molecule has 3 aromatic rings. The van der Waals surface area contributed by atoms with E-state index in [-0.39, 0.29) is 30.3 Å². The molecule has 0 aromatic heterocycles. The molecule has 2 unspecified atom stereocenters. The van der Waals surface area contributed by atoms with Gasteiger partial charge in [0.05, 0.1) is 6.04 Å². The Hall–Kier alpha value is -2.01. The normalized spacial score (nSPS) is 18.1. The van der Waals surface area contributed by atoms with Crippen LogP contribution in [0.1, 0.15) is 28.8 Å². The molecule has 3 aromatic carbocycles. The van der Waals surface area contributed by atoms with Crippen molar-refractivity contribution in [2.24, 2.45) is 4.99 Å². The first-order chi connectivity index (χ1) is 13.2. The van der Waals surface area contributed by atoms with E-state index in [2.05, 4.69) is 29.6 Å². The molecule has 6 heteroatoms. The lowest BCUT2D eigenvalue weighted by molar-refractivity contribution is 0.573. The van der Waals surface area contributed by atoms with E-state index in [0.717, 1.165) is 10.7 Å². The van der Waals surface area contributed by atoms with Gasteiger partial charge in [0, 0.05) is 16.3 Å². The third-order valence-electron chi connectivity index (χ3n) is 4.57. The lowest BCUT2D eigenvalue weighted by Gasteiger charge is -2.19. The highest BCUT2D eigenvalue weighted by Crippen LogP contribution is 2.38. The maximum atomic E-state index is 14.0. The van der Waals surface area contributed by atoms with Crippen molar-refractivity contribution in [3.63, 3.8) is 0 Å². The van der Waals surface area contributed by atoms with Gasteiger partial charge in [-0.15, -0.1) is 12.4 Å². The molecule has 0 fully saturated rings. The zero-order chi connectivity index (χ0) is 18.6. The Bertz CT molecular complexity index is 931. The van der Waals surface area contributed by atoms with Crippen LogP contribution in [0.4, 0.5) is 4.39 Å². The maximum Gasteiger partial charge on any atom is 0.158 e. The fraction of sp³-hybridized carbons (Fsp3) is 0.136. The first kappa shape index (κ1) is 20.7. The van der Waals surface area contributed by atoms with Gasteiger partial charge >= 0.3 is 0 Å². The summed E-state index contributed by atoms with van der Waals surface area (Å²) in [6.45, 7) is 0. The zero-order valence-electron chi connectivity index (χ0n) is 14.9. The van der Waals surface area contributed by atoms with Gasteiger partial charge in [0.15, 0.2) is 5.17 Å². The number of halogens is 3. The molecule has 1 N–H and O–H groups in total. The fourth-order valence-corrected chi connectivity index (χ4v) is 4.46. The summed E-state index contributed by atoms with van der Waals surface area (Å²) >= 11 is 7.63. The van der Waals surface area contributed by atoms with Crippen LogP contribution in [-0.4, -0.2) is 5.17 Å². The minimum atomic E-state index is -0.284. The van der Waals surface area contributed by atoms with Gasteiger partial charge < -0.3 is 5.32 Å². The predicted molar refractivity (Wildman–Crippen MR) is 119 cm³/mol. The number of hydrogen-bond donors (Lipinski definition) is 1. The smallest absolute Gasteiger partial charge is 0.158 e. The third kappa shape index (κ3) is 4.52. The molecule has 4 rings (SSSR count). The summed E-state index contributed by atoms with van der Waals surface area (Å²) in [6.07, 6.45) is 0. The topological polar surface area (TPSA) is 24.4 Å². The van der Waals surface area contributed by atoms with E-state index in [1.54, 1.807) is 12.1 Å². The highest BCUT2D eigenvalue weighted by molar-refractivity contribution is 8.13. The summed E-state index contributed by atoms with van der Waals surface area (Å²) in [4.78, 5) is 4.89. The molecule has 1 aliphatic rings. The van der Waals surface area contributed by atoms with Crippen LogP contribution in [0.5, 0.6) is 0 Å². The van der Waals surface area contributed by atoms with Crippen LogP contribution in [0.3, 0.4) is 0 Å². The Morgan fingerprint density at radius 1 is 0.893 bits per heavy atom. The second-order valence-corrected chi connectivity index (χ2v) is 7.68. The largest absolute Gasteiger partial charge is 0.356 e. The molecule has 0 bridgehead atoms. The van der Waals surface area contributed by atoms with Gasteiger partial charge in [-0.3, -0.25) is 4.99 Å². The van der Waals surface area contributed by atoms with Crippen LogP contribution in [0.15, 0.2) is 83.9 Å². The maximum absolute atomic E-state index is 14.0. The Balaban J connectivity index is 0.00000225. The molecule has 0 aliphatic carbocycles. The van der Waals surface area contributed by atoms with Crippen LogP contribution in [0.2, 0.25) is 5.02 Å². The van der Waals surface area contributed by atoms with Crippen LogP contribution in [-0.2, 0) is 5.75 Å². The minimum Gasteiger partial charge on any atom is -0.356 e. The predicted octanol–water partition coefficient (Wildman–Crippen LogP) is 6.58. The SMILES string of the molecule is Cl.Fc1cccc(Cl)c1CSC1=NC(c2ccccc2)C(c2ccccc2)N1. The summed E-state index contributed by atoms with van der Waals surface area (Å²) in [5.74, 6) is 0.146. The number of nitrogens with zero attached hydrogens (tertiary/aromatic N) is 1. The molecule has 0 radical (unpaired) electrons. The highest BCUT2D eigenvalue weighted by atomic mass is 35.5. The molecule has 144 valence electrons. The summed E-state index contributed by atoms with van der Waals surface area (Å²) in [6, 6.07) is 25.3. The van der Waals surface area contributed by atoms with E-state index in [4.69, 9.17) is 16.6 Å². The molecular weight excluding hydrogens is 414 g/mol. The second-order valence-electron chi connectivity index (χ2n) is 6.31. The monoisotopic (exact) mass is 432 g/mol. The average molecular weight is 433 g/mol. The lowest BCUT2D eigenvalue weighted by atomic mass is 9.95. The minimum absolute atomic E-state index is 0. The van der Waals surface area contributed by atoms with Crippen molar-refractivity contribution in [1.29, 1.82) is 0 Å². The molecule has 28 heavy (non-hydrogen) atoms. The molecule has 0 spiro atoms. The molecular formula is C22H19Cl2FN2S. The third-order valence-corrected chi connectivity index (χ3v) is 5.85. The zero-order valence-corrected chi connectivity index (χ0v) is 17.3. The summed E-state index contributed by atoms with van der Waals surface area (Å²) < 4.78 is 14.0. The lowest BCUT2D eigenvalue weighted by Crippen LogP contribution is -2.22. The summed E-state index contributed by atoms with van der Waals surface area (Å²) in [5.41, 5.74) is 2.83. The van der Waals surface area contributed by atoms with Gasteiger partial charge in [0.2, 0.25) is 0 Å². The molecule has 0 amide bonds. The average Bonchev–Trinajstić information content (AvgIpc) is 3.13. The molecule has 2 atom stereocenters. The van der Waals surface area contributed by atoms with Crippen LogP contribution in [0.25, 0.3) is 0 Å².